The van der Waals surface area contributed by atoms with E-state index in [2.05, 4.69) is 15.2 Å². The zero-order valence-corrected chi connectivity index (χ0v) is 10.9. The monoisotopic (exact) mass is 267 g/mol. The van der Waals surface area contributed by atoms with Gasteiger partial charge in [-0.2, -0.15) is 5.10 Å². The summed E-state index contributed by atoms with van der Waals surface area (Å²) in [4.78, 5) is 4.33. The third kappa shape index (κ3) is 1.87. The van der Waals surface area contributed by atoms with Gasteiger partial charge in [-0.1, -0.05) is 23.4 Å². The van der Waals surface area contributed by atoms with Gasteiger partial charge in [0.2, 0.25) is 0 Å². The summed E-state index contributed by atoms with van der Waals surface area (Å²) in [5.74, 6) is 0.00593. The van der Waals surface area contributed by atoms with E-state index in [1.54, 1.807) is 10.9 Å². The number of pyridine rings is 1. The summed E-state index contributed by atoms with van der Waals surface area (Å²) in [7, 11) is 0. The lowest BCUT2D eigenvalue weighted by atomic mass is 10.1. The van der Waals surface area contributed by atoms with Crippen molar-refractivity contribution in [3.63, 3.8) is 0 Å². The highest BCUT2D eigenvalue weighted by atomic mass is 16.4. The number of hydrogen-bond acceptors (Lipinski definition) is 4. The molecule has 3 N–H and O–H groups in total. The highest BCUT2D eigenvalue weighted by Gasteiger charge is 2.14. The second kappa shape index (κ2) is 4.65. The minimum atomic E-state index is 0.00593. The lowest BCUT2D eigenvalue weighted by Gasteiger charge is -2.11. The summed E-state index contributed by atoms with van der Waals surface area (Å²) in [5.41, 5.74) is 8.74. The van der Waals surface area contributed by atoms with Crippen LogP contribution in [0.2, 0.25) is 0 Å². The van der Waals surface area contributed by atoms with Gasteiger partial charge in [-0.15, -0.1) is 0 Å². The summed E-state index contributed by atoms with van der Waals surface area (Å²) in [6, 6.07) is 9.57. The van der Waals surface area contributed by atoms with E-state index >= 15 is 0 Å². The van der Waals surface area contributed by atoms with Crippen LogP contribution in [0.1, 0.15) is 11.3 Å². The third-order valence-electron chi connectivity index (χ3n) is 3.08. The van der Waals surface area contributed by atoms with Crippen LogP contribution in [0.25, 0.3) is 16.6 Å². The van der Waals surface area contributed by atoms with E-state index in [1.807, 2.05) is 43.5 Å². The van der Waals surface area contributed by atoms with Gasteiger partial charge in [0, 0.05) is 17.8 Å². The zero-order valence-electron chi connectivity index (χ0n) is 10.9. The van der Waals surface area contributed by atoms with Gasteiger partial charge < -0.3 is 10.9 Å². The van der Waals surface area contributed by atoms with Gasteiger partial charge in [0.1, 0.15) is 0 Å². The van der Waals surface area contributed by atoms with Crippen molar-refractivity contribution in [1.29, 1.82) is 0 Å². The molecule has 0 aliphatic heterocycles. The van der Waals surface area contributed by atoms with Crippen molar-refractivity contribution < 1.29 is 5.21 Å². The Morgan fingerprint density at radius 2 is 2.10 bits per heavy atom. The average molecular weight is 267 g/mol. The molecule has 100 valence electrons. The Balaban J connectivity index is 2.40. The molecule has 0 radical (unpaired) electrons. The fraction of sp³-hybridized carbons (Fsp3) is 0.0714. The van der Waals surface area contributed by atoms with E-state index in [9.17, 15) is 0 Å². The van der Waals surface area contributed by atoms with E-state index in [0.717, 1.165) is 22.3 Å². The van der Waals surface area contributed by atoms with Crippen LogP contribution in [-0.2, 0) is 0 Å². The molecule has 0 saturated heterocycles. The van der Waals surface area contributed by atoms with E-state index in [0.29, 0.717) is 5.56 Å². The average Bonchev–Trinajstić information content (AvgIpc) is 2.91. The SMILES string of the molecule is Cc1ccn(-c2c(C(N)=NO)cnc3ccccc23)n1. The van der Waals surface area contributed by atoms with Crippen molar-refractivity contribution in [2.24, 2.45) is 10.9 Å². The predicted octanol–water partition coefficient (Wildman–Crippen LogP) is 1.82. The third-order valence-corrected chi connectivity index (χ3v) is 3.08. The molecule has 3 rings (SSSR count). The molecule has 1 aromatic carbocycles. The Hall–Kier alpha value is -2.89. The van der Waals surface area contributed by atoms with Gasteiger partial charge in [-0.05, 0) is 19.1 Å². The molecule has 6 heteroatoms. The second-order valence-corrected chi connectivity index (χ2v) is 4.42. The van der Waals surface area contributed by atoms with Crippen LogP contribution >= 0.6 is 0 Å². The smallest absolute Gasteiger partial charge is 0.173 e. The number of para-hydroxylation sites is 1. The first-order valence-corrected chi connectivity index (χ1v) is 6.09. The maximum absolute atomic E-state index is 8.94. The molecule has 0 aliphatic rings. The van der Waals surface area contributed by atoms with Crippen LogP contribution in [0, 0.1) is 6.92 Å². The van der Waals surface area contributed by atoms with Crippen molar-refractivity contribution in [3.8, 4) is 5.69 Å². The van der Waals surface area contributed by atoms with E-state index < -0.39 is 0 Å². The molecule has 0 amide bonds. The van der Waals surface area contributed by atoms with Crippen molar-refractivity contribution in [3.05, 3.63) is 54.0 Å². The number of benzene rings is 1. The fourth-order valence-electron chi connectivity index (χ4n) is 2.15. The van der Waals surface area contributed by atoms with Gasteiger partial charge in [-0.3, -0.25) is 4.98 Å². The number of oxime groups is 1. The minimum absolute atomic E-state index is 0.00593. The highest BCUT2D eigenvalue weighted by Crippen LogP contribution is 2.24. The van der Waals surface area contributed by atoms with Crippen molar-refractivity contribution in [2.75, 3.05) is 0 Å². The fourth-order valence-corrected chi connectivity index (χ4v) is 2.15. The molecular weight excluding hydrogens is 254 g/mol. The summed E-state index contributed by atoms with van der Waals surface area (Å²) in [6.07, 6.45) is 3.43. The molecular formula is C14H13N5O. The summed E-state index contributed by atoms with van der Waals surface area (Å²) in [6.45, 7) is 1.91. The van der Waals surface area contributed by atoms with Gasteiger partial charge in [-0.25, -0.2) is 4.68 Å². The Labute approximate surface area is 115 Å². The maximum Gasteiger partial charge on any atom is 0.173 e. The summed E-state index contributed by atoms with van der Waals surface area (Å²) >= 11 is 0. The number of aryl methyl sites for hydroxylation is 1. The normalized spacial score (nSPS) is 11.9. The van der Waals surface area contributed by atoms with E-state index in [4.69, 9.17) is 10.9 Å². The number of amidine groups is 1. The van der Waals surface area contributed by atoms with Gasteiger partial charge in [0.15, 0.2) is 5.84 Å². The number of rotatable bonds is 2. The number of nitrogens with two attached hydrogens (primary N) is 1. The van der Waals surface area contributed by atoms with Crippen molar-refractivity contribution in [1.82, 2.24) is 14.8 Å². The number of hydrogen-bond donors (Lipinski definition) is 2. The molecule has 3 aromatic rings. The van der Waals surface area contributed by atoms with E-state index in [-0.39, 0.29) is 5.84 Å². The molecule has 0 aliphatic carbocycles. The lowest BCUT2D eigenvalue weighted by molar-refractivity contribution is 0.318. The summed E-state index contributed by atoms with van der Waals surface area (Å²) < 4.78 is 1.72. The van der Waals surface area contributed by atoms with Gasteiger partial charge >= 0.3 is 0 Å². The predicted molar refractivity (Wildman–Crippen MR) is 76.1 cm³/mol. The minimum Gasteiger partial charge on any atom is -0.409 e. The first-order valence-electron chi connectivity index (χ1n) is 6.09. The number of nitrogens with zero attached hydrogens (tertiary/aromatic N) is 4. The lowest BCUT2D eigenvalue weighted by Crippen LogP contribution is -2.17. The first-order chi connectivity index (χ1) is 9.70. The largest absolute Gasteiger partial charge is 0.409 e. The molecule has 0 atom stereocenters. The molecule has 2 heterocycles. The standard InChI is InChI=1S/C14H13N5O/c1-9-6-7-19(17-9)13-10-4-2-3-5-12(10)16-8-11(13)14(15)18-20/h2-8,20H,1H3,(H2,15,18). The molecule has 0 fully saturated rings. The molecule has 0 bridgehead atoms. The maximum atomic E-state index is 8.94. The first kappa shape index (κ1) is 12.2. The van der Waals surface area contributed by atoms with E-state index in [1.165, 1.54) is 0 Å². The van der Waals surface area contributed by atoms with Crippen LogP contribution in [0.3, 0.4) is 0 Å². The quantitative estimate of drug-likeness (QED) is 0.321. The second-order valence-electron chi connectivity index (χ2n) is 4.42. The molecule has 6 nitrogen and oxygen atoms in total. The number of aromatic nitrogens is 3. The Morgan fingerprint density at radius 1 is 1.30 bits per heavy atom. The van der Waals surface area contributed by atoms with Gasteiger partial charge in [0.25, 0.3) is 0 Å². The van der Waals surface area contributed by atoms with Crippen LogP contribution in [0.5, 0.6) is 0 Å². The zero-order chi connectivity index (χ0) is 14.1. The van der Waals surface area contributed by atoms with Crippen molar-refractivity contribution >= 4 is 16.7 Å². The van der Waals surface area contributed by atoms with Crippen LogP contribution < -0.4 is 5.73 Å². The molecule has 0 saturated carbocycles. The van der Waals surface area contributed by atoms with Crippen LogP contribution in [0.15, 0.2) is 47.9 Å². The molecule has 20 heavy (non-hydrogen) atoms. The van der Waals surface area contributed by atoms with Crippen LogP contribution in [-0.4, -0.2) is 25.8 Å². The van der Waals surface area contributed by atoms with Gasteiger partial charge in [0.05, 0.1) is 22.5 Å². The highest BCUT2D eigenvalue weighted by molar-refractivity contribution is 6.05. The Kier molecular flexibility index (Phi) is 2.83. The topological polar surface area (TPSA) is 89.3 Å². The van der Waals surface area contributed by atoms with Crippen LogP contribution in [0.4, 0.5) is 0 Å². The molecule has 0 unspecified atom stereocenters. The molecule has 2 aromatic heterocycles. The summed E-state index contributed by atoms with van der Waals surface area (Å²) in [5, 5.41) is 17.3. The number of fused-ring (bicyclic) bond motifs is 1. The molecule has 0 spiro atoms. The Bertz CT molecular complexity index is 806. The Morgan fingerprint density at radius 3 is 2.80 bits per heavy atom. The van der Waals surface area contributed by atoms with Crippen molar-refractivity contribution in [2.45, 2.75) is 6.92 Å².